The van der Waals surface area contributed by atoms with Crippen LogP contribution in [-0.4, -0.2) is 41.8 Å². The molecule has 3 heteroatoms. The maximum Gasteiger partial charge on any atom is 0.0609 e. The Bertz CT molecular complexity index is 157. The zero-order valence-corrected chi connectivity index (χ0v) is 10.2. The molecule has 0 aliphatic carbocycles. The fraction of sp³-hybridized carbons (Fsp3) is 1.00. The molecule has 0 saturated carbocycles. The summed E-state index contributed by atoms with van der Waals surface area (Å²) in [5, 5.41) is 9.06. The average molecular weight is 202 g/mol. The third-order valence-corrected chi connectivity index (χ3v) is 2.53. The summed E-state index contributed by atoms with van der Waals surface area (Å²) in [5.74, 6) is 0.667. The van der Waals surface area contributed by atoms with Crippen LogP contribution in [0.1, 0.15) is 34.1 Å². The molecule has 0 rings (SSSR count). The van der Waals surface area contributed by atoms with Gasteiger partial charge in [-0.2, -0.15) is 0 Å². The number of hydrogen-bond donors (Lipinski definition) is 2. The monoisotopic (exact) mass is 202 g/mol. The molecule has 2 unspecified atom stereocenters. The van der Waals surface area contributed by atoms with Gasteiger partial charge in [0.05, 0.1) is 6.61 Å². The van der Waals surface area contributed by atoms with Crippen molar-refractivity contribution in [3.8, 4) is 0 Å². The number of aliphatic hydroxyl groups excluding tert-OH is 1. The Hall–Kier alpha value is -0.120. The van der Waals surface area contributed by atoms with Gasteiger partial charge in [-0.05, 0) is 33.2 Å². The fourth-order valence-electron chi connectivity index (χ4n) is 1.65. The summed E-state index contributed by atoms with van der Waals surface area (Å²) in [6.07, 6.45) is 0.826. The first-order valence-corrected chi connectivity index (χ1v) is 5.38. The van der Waals surface area contributed by atoms with E-state index in [0.29, 0.717) is 12.0 Å². The van der Waals surface area contributed by atoms with E-state index in [-0.39, 0.29) is 6.61 Å². The molecule has 0 saturated heterocycles. The van der Waals surface area contributed by atoms with Gasteiger partial charge in [-0.1, -0.05) is 13.8 Å². The summed E-state index contributed by atoms with van der Waals surface area (Å²) in [5.41, 5.74) is 5.46. The lowest BCUT2D eigenvalue weighted by atomic mass is 9.95. The van der Waals surface area contributed by atoms with Crippen LogP contribution in [-0.2, 0) is 0 Å². The first kappa shape index (κ1) is 13.9. The molecule has 0 amide bonds. The maximum atomic E-state index is 9.06. The first-order valence-electron chi connectivity index (χ1n) is 5.38. The van der Waals surface area contributed by atoms with E-state index in [1.807, 2.05) is 6.92 Å². The minimum atomic E-state index is -0.454. The molecule has 0 bridgehead atoms. The van der Waals surface area contributed by atoms with E-state index in [2.05, 4.69) is 32.7 Å². The van der Waals surface area contributed by atoms with Crippen molar-refractivity contribution >= 4 is 0 Å². The minimum Gasteiger partial charge on any atom is -0.394 e. The molecule has 86 valence electrons. The van der Waals surface area contributed by atoms with E-state index in [0.717, 1.165) is 13.0 Å². The predicted octanol–water partition coefficient (Wildman–Crippen LogP) is 1.06. The number of aliphatic hydroxyl groups is 1. The standard InChI is InChI=1S/C11H26N2O/c1-9(2)7-13(5)10(3)6-11(4,12)8-14/h9-10,14H,6-8,12H2,1-5H3. The molecule has 3 nitrogen and oxygen atoms in total. The Balaban J connectivity index is 4.00. The molecule has 3 N–H and O–H groups in total. The predicted molar refractivity (Wildman–Crippen MR) is 61.2 cm³/mol. The van der Waals surface area contributed by atoms with Crippen molar-refractivity contribution in [1.29, 1.82) is 0 Å². The zero-order chi connectivity index (χ0) is 11.4. The molecular formula is C11H26N2O. The molecule has 0 aliphatic rings. The van der Waals surface area contributed by atoms with Gasteiger partial charge in [0.25, 0.3) is 0 Å². The highest BCUT2D eigenvalue weighted by Crippen LogP contribution is 2.13. The van der Waals surface area contributed by atoms with Gasteiger partial charge in [-0.3, -0.25) is 0 Å². The normalized spacial score (nSPS) is 18.6. The quantitative estimate of drug-likeness (QED) is 0.677. The number of nitrogens with zero attached hydrogens (tertiary/aromatic N) is 1. The zero-order valence-electron chi connectivity index (χ0n) is 10.2. The molecule has 0 aromatic carbocycles. The molecule has 0 fully saturated rings. The van der Waals surface area contributed by atoms with E-state index < -0.39 is 5.54 Å². The van der Waals surface area contributed by atoms with Gasteiger partial charge in [0, 0.05) is 18.1 Å². The van der Waals surface area contributed by atoms with Crippen LogP contribution in [0.2, 0.25) is 0 Å². The van der Waals surface area contributed by atoms with E-state index in [9.17, 15) is 0 Å². The summed E-state index contributed by atoms with van der Waals surface area (Å²) in [7, 11) is 2.11. The van der Waals surface area contributed by atoms with Crippen LogP contribution in [0.25, 0.3) is 0 Å². The van der Waals surface area contributed by atoms with Gasteiger partial charge in [-0.15, -0.1) is 0 Å². The highest BCUT2D eigenvalue weighted by atomic mass is 16.3. The summed E-state index contributed by atoms with van der Waals surface area (Å²) in [4.78, 5) is 2.30. The van der Waals surface area contributed by atoms with Crippen LogP contribution in [0.15, 0.2) is 0 Å². The van der Waals surface area contributed by atoms with Crippen molar-refractivity contribution in [2.24, 2.45) is 11.7 Å². The summed E-state index contributed by atoms with van der Waals surface area (Å²) < 4.78 is 0. The summed E-state index contributed by atoms with van der Waals surface area (Å²) in [6, 6.07) is 0.416. The van der Waals surface area contributed by atoms with Crippen molar-refractivity contribution in [2.75, 3.05) is 20.2 Å². The van der Waals surface area contributed by atoms with Crippen molar-refractivity contribution in [3.05, 3.63) is 0 Å². The van der Waals surface area contributed by atoms with Gasteiger partial charge in [-0.25, -0.2) is 0 Å². The number of rotatable bonds is 6. The van der Waals surface area contributed by atoms with Gasteiger partial charge in [0.2, 0.25) is 0 Å². The second-order valence-corrected chi connectivity index (χ2v) is 5.20. The molecule has 0 spiro atoms. The Labute approximate surface area is 88.3 Å². The topological polar surface area (TPSA) is 49.5 Å². The van der Waals surface area contributed by atoms with E-state index in [1.165, 1.54) is 0 Å². The second kappa shape index (κ2) is 5.69. The van der Waals surface area contributed by atoms with E-state index in [4.69, 9.17) is 10.8 Å². The molecule has 0 heterocycles. The van der Waals surface area contributed by atoms with Gasteiger partial charge in [0.15, 0.2) is 0 Å². The third kappa shape index (κ3) is 5.58. The van der Waals surface area contributed by atoms with Crippen LogP contribution < -0.4 is 5.73 Å². The van der Waals surface area contributed by atoms with Gasteiger partial charge in [0.1, 0.15) is 0 Å². The van der Waals surface area contributed by atoms with Crippen LogP contribution >= 0.6 is 0 Å². The van der Waals surface area contributed by atoms with Crippen molar-refractivity contribution in [1.82, 2.24) is 4.90 Å². The maximum absolute atomic E-state index is 9.06. The molecule has 2 atom stereocenters. The summed E-state index contributed by atoms with van der Waals surface area (Å²) in [6.45, 7) is 9.58. The van der Waals surface area contributed by atoms with E-state index in [1.54, 1.807) is 0 Å². The number of hydrogen-bond acceptors (Lipinski definition) is 3. The molecule has 14 heavy (non-hydrogen) atoms. The average Bonchev–Trinajstić information content (AvgIpc) is 2.02. The van der Waals surface area contributed by atoms with Crippen LogP contribution in [0.3, 0.4) is 0 Å². The lowest BCUT2D eigenvalue weighted by Gasteiger charge is -2.32. The Kier molecular flexibility index (Phi) is 5.64. The van der Waals surface area contributed by atoms with Crippen LogP contribution in [0.4, 0.5) is 0 Å². The van der Waals surface area contributed by atoms with Crippen LogP contribution in [0, 0.1) is 5.92 Å². The Morgan fingerprint density at radius 3 is 2.21 bits per heavy atom. The first-order chi connectivity index (χ1) is 6.28. The molecular weight excluding hydrogens is 176 g/mol. The Morgan fingerprint density at radius 2 is 1.86 bits per heavy atom. The minimum absolute atomic E-state index is 0.0485. The highest BCUT2D eigenvalue weighted by Gasteiger charge is 2.22. The SMILES string of the molecule is CC(C)CN(C)C(C)CC(C)(N)CO. The van der Waals surface area contributed by atoms with Crippen LogP contribution in [0.5, 0.6) is 0 Å². The van der Waals surface area contributed by atoms with E-state index >= 15 is 0 Å². The second-order valence-electron chi connectivity index (χ2n) is 5.20. The largest absolute Gasteiger partial charge is 0.394 e. The molecule has 0 radical (unpaired) electrons. The fourth-order valence-corrected chi connectivity index (χ4v) is 1.65. The smallest absolute Gasteiger partial charge is 0.0609 e. The highest BCUT2D eigenvalue weighted by molar-refractivity contribution is 4.82. The van der Waals surface area contributed by atoms with Gasteiger partial charge < -0.3 is 15.7 Å². The Morgan fingerprint density at radius 1 is 1.36 bits per heavy atom. The molecule has 0 aromatic heterocycles. The lowest BCUT2D eigenvalue weighted by molar-refractivity contribution is 0.146. The third-order valence-electron chi connectivity index (χ3n) is 2.53. The lowest BCUT2D eigenvalue weighted by Crippen LogP contribution is -2.46. The molecule has 0 aromatic rings. The van der Waals surface area contributed by atoms with Crippen molar-refractivity contribution < 1.29 is 5.11 Å². The molecule has 0 aliphatic heterocycles. The van der Waals surface area contributed by atoms with Gasteiger partial charge >= 0.3 is 0 Å². The van der Waals surface area contributed by atoms with Crippen molar-refractivity contribution in [2.45, 2.75) is 45.7 Å². The number of nitrogens with two attached hydrogens (primary N) is 1. The van der Waals surface area contributed by atoms with Crippen molar-refractivity contribution in [3.63, 3.8) is 0 Å². The summed E-state index contributed by atoms with van der Waals surface area (Å²) >= 11 is 0.